The van der Waals surface area contributed by atoms with Crippen LogP contribution in [0.25, 0.3) is 0 Å². The summed E-state index contributed by atoms with van der Waals surface area (Å²) >= 11 is 0. The van der Waals surface area contributed by atoms with E-state index < -0.39 is 21.9 Å². The molecule has 0 heterocycles. The number of fused-ring (bicyclic) bond motifs is 1. The summed E-state index contributed by atoms with van der Waals surface area (Å²) in [5.74, 6) is -1.03. The fraction of sp³-hybridized carbons (Fsp3) is 0.333. The molecule has 3 rings (SSSR count). The van der Waals surface area contributed by atoms with Gasteiger partial charge in [0.15, 0.2) is 15.9 Å². The number of carbonyl (C=O) groups is 2. The normalized spacial score (nSPS) is 17.3. The van der Waals surface area contributed by atoms with Crippen LogP contribution in [0.1, 0.15) is 47.3 Å². The largest absolute Gasteiger partial charge is 0.449 e. The van der Waals surface area contributed by atoms with E-state index in [-0.39, 0.29) is 22.4 Å². The van der Waals surface area contributed by atoms with E-state index in [9.17, 15) is 18.0 Å². The summed E-state index contributed by atoms with van der Waals surface area (Å²) in [7, 11) is -3.34. The lowest BCUT2D eigenvalue weighted by molar-refractivity contribution is -0.130. The van der Waals surface area contributed by atoms with Crippen LogP contribution < -0.4 is 5.32 Å². The molecule has 0 spiro atoms. The van der Waals surface area contributed by atoms with Gasteiger partial charge in [0, 0.05) is 6.26 Å². The van der Waals surface area contributed by atoms with Gasteiger partial charge < -0.3 is 10.1 Å². The molecule has 1 aliphatic carbocycles. The van der Waals surface area contributed by atoms with Crippen molar-refractivity contribution in [3.8, 4) is 0 Å². The third-order valence-corrected chi connectivity index (χ3v) is 5.99. The predicted molar refractivity (Wildman–Crippen MR) is 105 cm³/mol. The molecule has 148 valence electrons. The van der Waals surface area contributed by atoms with Crippen molar-refractivity contribution in [2.75, 3.05) is 6.26 Å². The maximum absolute atomic E-state index is 12.5. The second kappa shape index (κ2) is 8.14. The zero-order chi connectivity index (χ0) is 20.3. The number of ether oxygens (including phenoxy) is 1. The predicted octanol–water partition coefficient (Wildman–Crippen LogP) is 2.83. The molecule has 1 aliphatic rings. The molecule has 0 saturated heterocycles. The van der Waals surface area contributed by atoms with Gasteiger partial charge in [0.25, 0.3) is 5.91 Å². The summed E-state index contributed by atoms with van der Waals surface area (Å²) in [5.41, 5.74) is 2.53. The molecule has 0 bridgehead atoms. The minimum Gasteiger partial charge on any atom is -0.449 e. The zero-order valence-corrected chi connectivity index (χ0v) is 16.7. The van der Waals surface area contributed by atoms with Crippen LogP contribution in [0.15, 0.2) is 53.4 Å². The average Bonchev–Trinajstić information content (AvgIpc) is 2.67. The highest BCUT2D eigenvalue weighted by Gasteiger charge is 2.25. The van der Waals surface area contributed by atoms with Crippen molar-refractivity contribution in [1.82, 2.24) is 5.32 Å². The Bertz CT molecular complexity index is 982. The summed E-state index contributed by atoms with van der Waals surface area (Å²) < 4.78 is 28.2. The van der Waals surface area contributed by atoms with Crippen LogP contribution in [0.3, 0.4) is 0 Å². The van der Waals surface area contributed by atoms with E-state index in [4.69, 9.17) is 4.74 Å². The summed E-state index contributed by atoms with van der Waals surface area (Å²) in [6, 6.07) is 13.4. The minimum atomic E-state index is -3.34. The van der Waals surface area contributed by atoms with Gasteiger partial charge in [-0.2, -0.15) is 0 Å². The fourth-order valence-corrected chi connectivity index (χ4v) is 3.94. The standard InChI is InChI=1S/C21H23NO5S/c1-14(27-21(24)16-10-12-17(13-11-16)28(2,25)26)20(23)22-19-9-5-7-15-6-3-4-8-18(15)19/h3-4,6,8,10-14,19H,5,7,9H2,1-2H3,(H,22,23)/t14-,19+/m1/s1. The molecule has 0 saturated carbocycles. The van der Waals surface area contributed by atoms with Gasteiger partial charge >= 0.3 is 5.97 Å². The number of hydrogen-bond acceptors (Lipinski definition) is 5. The Labute approximate surface area is 164 Å². The first-order chi connectivity index (χ1) is 13.3. The monoisotopic (exact) mass is 401 g/mol. The molecule has 1 N–H and O–H groups in total. The lowest BCUT2D eigenvalue weighted by atomic mass is 9.87. The van der Waals surface area contributed by atoms with Crippen molar-refractivity contribution in [1.29, 1.82) is 0 Å². The molecule has 0 radical (unpaired) electrons. The van der Waals surface area contributed by atoms with Gasteiger partial charge in [0.2, 0.25) is 0 Å². The molecule has 1 amide bonds. The van der Waals surface area contributed by atoms with Crippen LogP contribution in [-0.4, -0.2) is 32.7 Å². The Morgan fingerprint density at radius 2 is 1.79 bits per heavy atom. The van der Waals surface area contributed by atoms with Gasteiger partial charge in [-0.25, -0.2) is 13.2 Å². The van der Waals surface area contributed by atoms with Crippen molar-refractivity contribution in [2.24, 2.45) is 0 Å². The first-order valence-electron chi connectivity index (χ1n) is 9.15. The van der Waals surface area contributed by atoms with Crippen LogP contribution in [0.5, 0.6) is 0 Å². The highest BCUT2D eigenvalue weighted by Crippen LogP contribution is 2.29. The van der Waals surface area contributed by atoms with Gasteiger partial charge in [-0.15, -0.1) is 0 Å². The molecule has 6 nitrogen and oxygen atoms in total. The number of aryl methyl sites for hydroxylation is 1. The van der Waals surface area contributed by atoms with Crippen molar-refractivity contribution < 1.29 is 22.7 Å². The Balaban J connectivity index is 1.62. The average molecular weight is 401 g/mol. The van der Waals surface area contributed by atoms with E-state index in [1.807, 2.05) is 18.2 Å². The smallest absolute Gasteiger partial charge is 0.338 e. The van der Waals surface area contributed by atoms with E-state index >= 15 is 0 Å². The van der Waals surface area contributed by atoms with Gasteiger partial charge in [-0.05, 0) is 61.6 Å². The van der Waals surface area contributed by atoms with Crippen molar-refractivity contribution >= 4 is 21.7 Å². The summed E-state index contributed by atoms with van der Waals surface area (Å²) in [4.78, 5) is 24.9. The van der Waals surface area contributed by atoms with Gasteiger partial charge in [-0.1, -0.05) is 24.3 Å². The molecule has 7 heteroatoms. The fourth-order valence-electron chi connectivity index (χ4n) is 3.31. The molecule has 2 aromatic carbocycles. The minimum absolute atomic E-state index is 0.0901. The molecular formula is C21H23NO5S. The number of hydrogen-bond donors (Lipinski definition) is 1. The van der Waals surface area contributed by atoms with E-state index in [1.165, 1.54) is 36.8 Å². The van der Waals surface area contributed by atoms with Crippen molar-refractivity contribution in [2.45, 2.75) is 43.2 Å². The summed E-state index contributed by atoms with van der Waals surface area (Å²) in [6.07, 6.45) is 2.96. The van der Waals surface area contributed by atoms with E-state index in [2.05, 4.69) is 11.4 Å². The Kier molecular flexibility index (Phi) is 5.84. The molecule has 0 fully saturated rings. The highest BCUT2D eigenvalue weighted by molar-refractivity contribution is 7.90. The lowest BCUT2D eigenvalue weighted by Gasteiger charge is -2.27. The highest BCUT2D eigenvalue weighted by atomic mass is 32.2. The maximum Gasteiger partial charge on any atom is 0.338 e. The van der Waals surface area contributed by atoms with Gasteiger partial charge in [0.1, 0.15) is 0 Å². The second-order valence-electron chi connectivity index (χ2n) is 7.00. The van der Waals surface area contributed by atoms with Crippen LogP contribution in [0, 0.1) is 0 Å². The number of sulfone groups is 1. The van der Waals surface area contributed by atoms with E-state index in [1.54, 1.807) is 0 Å². The molecule has 28 heavy (non-hydrogen) atoms. The van der Waals surface area contributed by atoms with Crippen LogP contribution >= 0.6 is 0 Å². The van der Waals surface area contributed by atoms with Crippen LogP contribution in [0.2, 0.25) is 0 Å². The number of nitrogens with one attached hydrogen (secondary N) is 1. The summed E-state index contributed by atoms with van der Waals surface area (Å²) in [6.45, 7) is 1.52. The first kappa shape index (κ1) is 20.1. The van der Waals surface area contributed by atoms with E-state index in [0.29, 0.717) is 0 Å². The molecule has 0 aliphatic heterocycles. The Hall–Kier alpha value is -2.67. The van der Waals surface area contributed by atoms with Crippen LogP contribution in [-0.2, 0) is 25.8 Å². The van der Waals surface area contributed by atoms with E-state index in [0.717, 1.165) is 31.1 Å². The SMILES string of the molecule is C[C@@H](OC(=O)c1ccc(S(C)(=O)=O)cc1)C(=O)N[C@H]1CCCc2ccccc21. The number of rotatable bonds is 5. The number of amides is 1. The number of esters is 1. The number of benzene rings is 2. The maximum atomic E-state index is 12.5. The van der Waals surface area contributed by atoms with Crippen molar-refractivity contribution in [3.63, 3.8) is 0 Å². The quantitative estimate of drug-likeness (QED) is 0.778. The lowest BCUT2D eigenvalue weighted by Crippen LogP contribution is -2.39. The van der Waals surface area contributed by atoms with Gasteiger partial charge in [0.05, 0.1) is 16.5 Å². The molecule has 0 aromatic heterocycles. The molecule has 0 unspecified atom stereocenters. The third kappa shape index (κ3) is 4.59. The molecule has 2 aromatic rings. The first-order valence-corrected chi connectivity index (χ1v) is 11.0. The number of carbonyl (C=O) groups excluding carboxylic acids is 2. The molecule has 2 atom stereocenters. The zero-order valence-electron chi connectivity index (χ0n) is 15.8. The Morgan fingerprint density at radius 1 is 1.11 bits per heavy atom. The van der Waals surface area contributed by atoms with Gasteiger partial charge in [-0.3, -0.25) is 4.79 Å². The van der Waals surface area contributed by atoms with Crippen LogP contribution in [0.4, 0.5) is 0 Å². The second-order valence-corrected chi connectivity index (χ2v) is 9.01. The van der Waals surface area contributed by atoms with Crippen molar-refractivity contribution in [3.05, 3.63) is 65.2 Å². The Morgan fingerprint density at radius 3 is 2.46 bits per heavy atom. The third-order valence-electron chi connectivity index (χ3n) is 4.86. The summed E-state index contributed by atoms with van der Waals surface area (Å²) in [5, 5.41) is 2.97. The molecular weight excluding hydrogens is 378 g/mol. The topological polar surface area (TPSA) is 89.5 Å².